The van der Waals surface area contributed by atoms with E-state index in [1.807, 2.05) is 18.2 Å². The first-order valence-corrected chi connectivity index (χ1v) is 7.73. The largest absolute Gasteiger partial charge is 0.303 e. The molecule has 0 aromatic heterocycles. The molecule has 0 fully saturated rings. The van der Waals surface area contributed by atoms with Crippen LogP contribution in [0.2, 0.25) is 0 Å². The molecule has 0 saturated heterocycles. The zero-order valence-corrected chi connectivity index (χ0v) is 13.0. The molecule has 0 aliphatic heterocycles. The van der Waals surface area contributed by atoms with E-state index in [1.165, 1.54) is 5.56 Å². The second-order valence-electron chi connectivity index (χ2n) is 5.34. The van der Waals surface area contributed by atoms with Gasteiger partial charge in [-0.3, -0.25) is 0 Å². The standard InChI is InChI=1S/C17H17BrFN/c1-11(12-4-2-5-13(18)10-12)20-17-9-8-14-15(17)6-3-7-16(14)19/h2-7,10-11,17,20H,8-9H2,1H3/t11-,17?/m0/s1. The molecular formula is C17H17BrFN. The van der Waals surface area contributed by atoms with Crippen molar-refractivity contribution in [2.45, 2.75) is 31.8 Å². The summed E-state index contributed by atoms with van der Waals surface area (Å²) in [5.74, 6) is -0.0677. The van der Waals surface area contributed by atoms with Crippen molar-refractivity contribution >= 4 is 15.9 Å². The van der Waals surface area contributed by atoms with Crippen molar-refractivity contribution in [2.75, 3.05) is 0 Å². The number of rotatable bonds is 3. The average molecular weight is 334 g/mol. The van der Waals surface area contributed by atoms with E-state index >= 15 is 0 Å². The maximum Gasteiger partial charge on any atom is 0.126 e. The molecule has 2 atom stereocenters. The van der Waals surface area contributed by atoms with Gasteiger partial charge in [0.2, 0.25) is 0 Å². The third kappa shape index (κ3) is 2.65. The van der Waals surface area contributed by atoms with Gasteiger partial charge >= 0.3 is 0 Å². The SMILES string of the molecule is C[C@H](NC1CCc2c(F)cccc21)c1cccc(Br)c1. The second-order valence-corrected chi connectivity index (χ2v) is 6.26. The first kappa shape index (κ1) is 13.8. The van der Waals surface area contributed by atoms with E-state index < -0.39 is 0 Å². The Morgan fingerprint density at radius 1 is 1.25 bits per heavy atom. The number of fused-ring (bicyclic) bond motifs is 1. The lowest BCUT2D eigenvalue weighted by Gasteiger charge is -2.21. The summed E-state index contributed by atoms with van der Waals surface area (Å²) in [6, 6.07) is 14.2. The van der Waals surface area contributed by atoms with E-state index in [0.29, 0.717) is 0 Å². The van der Waals surface area contributed by atoms with E-state index in [4.69, 9.17) is 0 Å². The van der Waals surface area contributed by atoms with Crippen LogP contribution in [0.5, 0.6) is 0 Å². The van der Waals surface area contributed by atoms with Gasteiger partial charge in [-0.15, -0.1) is 0 Å². The van der Waals surface area contributed by atoms with Crippen LogP contribution in [0.15, 0.2) is 46.9 Å². The molecule has 0 heterocycles. The number of hydrogen-bond donors (Lipinski definition) is 1. The third-order valence-corrected chi connectivity index (χ3v) is 4.51. The van der Waals surface area contributed by atoms with Gasteiger partial charge in [-0.05, 0) is 54.7 Å². The Bertz CT molecular complexity index is 626. The van der Waals surface area contributed by atoms with Crippen LogP contribution in [-0.2, 0) is 6.42 Å². The van der Waals surface area contributed by atoms with Gasteiger partial charge in [0.1, 0.15) is 5.82 Å². The third-order valence-electron chi connectivity index (χ3n) is 4.01. The van der Waals surface area contributed by atoms with E-state index in [2.05, 4.69) is 40.3 Å². The molecule has 1 unspecified atom stereocenters. The quantitative estimate of drug-likeness (QED) is 0.839. The fourth-order valence-corrected chi connectivity index (χ4v) is 3.37. The molecule has 3 heteroatoms. The topological polar surface area (TPSA) is 12.0 Å². The Hall–Kier alpha value is -1.19. The molecule has 1 N–H and O–H groups in total. The summed E-state index contributed by atoms with van der Waals surface area (Å²) in [4.78, 5) is 0. The Morgan fingerprint density at radius 3 is 2.85 bits per heavy atom. The van der Waals surface area contributed by atoms with Crippen LogP contribution in [0.3, 0.4) is 0 Å². The van der Waals surface area contributed by atoms with Crippen molar-refractivity contribution in [3.63, 3.8) is 0 Å². The summed E-state index contributed by atoms with van der Waals surface area (Å²) in [7, 11) is 0. The normalized spacial score (nSPS) is 18.9. The fourth-order valence-electron chi connectivity index (χ4n) is 2.96. The first-order valence-electron chi connectivity index (χ1n) is 6.94. The predicted molar refractivity (Wildman–Crippen MR) is 83.2 cm³/mol. The van der Waals surface area contributed by atoms with Gasteiger partial charge in [-0.2, -0.15) is 0 Å². The van der Waals surface area contributed by atoms with Crippen LogP contribution in [-0.4, -0.2) is 0 Å². The molecule has 1 aliphatic carbocycles. The number of benzene rings is 2. The summed E-state index contributed by atoms with van der Waals surface area (Å²) >= 11 is 3.50. The molecule has 0 radical (unpaired) electrons. The van der Waals surface area contributed by atoms with Crippen molar-refractivity contribution in [3.8, 4) is 0 Å². The second kappa shape index (κ2) is 5.66. The molecule has 0 saturated carbocycles. The van der Waals surface area contributed by atoms with Crippen LogP contribution in [0.1, 0.15) is 42.1 Å². The van der Waals surface area contributed by atoms with Gasteiger partial charge in [0.25, 0.3) is 0 Å². The van der Waals surface area contributed by atoms with Gasteiger partial charge in [-0.25, -0.2) is 4.39 Å². The highest BCUT2D eigenvalue weighted by atomic mass is 79.9. The molecule has 0 bridgehead atoms. The minimum absolute atomic E-state index is 0.0677. The Morgan fingerprint density at radius 2 is 2.05 bits per heavy atom. The maximum absolute atomic E-state index is 13.7. The highest BCUT2D eigenvalue weighted by Crippen LogP contribution is 2.34. The van der Waals surface area contributed by atoms with Gasteiger partial charge < -0.3 is 5.32 Å². The van der Waals surface area contributed by atoms with Crippen molar-refractivity contribution in [1.82, 2.24) is 5.32 Å². The van der Waals surface area contributed by atoms with Crippen LogP contribution in [0.4, 0.5) is 4.39 Å². The predicted octanol–water partition coefficient (Wildman–Crippen LogP) is 4.93. The Kier molecular flexibility index (Phi) is 3.90. The number of hydrogen-bond acceptors (Lipinski definition) is 1. The van der Waals surface area contributed by atoms with E-state index in [0.717, 1.165) is 28.4 Å². The highest BCUT2D eigenvalue weighted by Gasteiger charge is 2.25. The summed E-state index contributed by atoms with van der Waals surface area (Å²) in [6.45, 7) is 2.15. The molecule has 20 heavy (non-hydrogen) atoms. The van der Waals surface area contributed by atoms with Gasteiger partial charge in [0.15, 0.2) is 0 Å². The van der Waals surface area contributed by atoms with Crippen LogP contribution in [0.25, 0.3) is 0 Å². The molecule has 1 aliphatic rings. The van der Waals surface area contributed by atoms with Crippen LogP contribution >= 0.6 is 15.9 Å². The van der Waals surface area contributed by atoms with E-state index in [-0.39, 0.29) is 17.9 Å². The van der Waals surface area contributed by atoms with Crippen LogP contribution < -0.4 is 5.32 Å². The molecular weight excluding hydrogens is 317 g/mol. The maximum atomic E-state index is 13.7. The molecule has 0 spiro atoms. The summed E-state index contributed by atoms with van der Waals surface area (Å²) in [5.41, 5.74) is 3.24. The van der Waals surface area contributed by atoms with Gasteiger partial charge in [-0.1, -0.05) is 40.2 Å². The highest BCUT2D eigenvalue weighted by molar-refractivity contribution is 9.10. The Balaban J connectivity index is 1.79. The molecule has 2 aromatic carbocycles. The minimum atomic E-state index is -0.0677. The first-order chi connectivity index (χ1) is 9.65. The van der Waals surface area contributed by atoms with Crippen molar-refractivity contribution in [2.24, 2.45) is 0 Å². The minimum Gasteiger partial charge on any atom is -0.303 e. The monoisotopic (exact) mass is 333 g/mol. The summed E-state index contributed by atoms with van der Waals surface area (Å²) in [6.07, 6.45) is 1.79. The zero-order chi connectivity index (χ0) is 14.1. The van der Waals surface area contributed by atoms with Gasteiger partial charge in [0.05, 0.1) is 0 Å². The molecule has 1 nitrogen and oxygen atoms in total. The molecule has 3 rings (SSSR count). The van der Waals surface area contributed by atoms with E-state index in [9.17, 15) is 4.39 Å². The zero-order valence-electron chi connectivity index (χ0n) is 11.4. The lowest BCUT2D eigenvalue weighted by atomic mass is 10.0. The van der Waals surface area contributed by atoms with E-state index in [1.54, 1.807) is 12.1 Å². The smallest absolute Gasteiger partial charge is 0.126 e. The Labute approximate surface area is 127 Å². The molecule has 104 valence electrons. The number of halogens is 2. The van der Waals surface area contributed by atoms with Crippen molar-refractivity contribution in [3.05, 3.63) is 69.4 Å². The lowest BCUT2D eigenvalue weighted by molar-refractivity contribution is 0.465. The number of nitrogens with one attached hydrogen (secondary N) is 1. The van der Waals surface area contributed by atoms with Crippen molar-refractivity contribution in [1.29, 1.82) is 0 Å². The summed E-state index contributed by atoms with van der Waals surface area (Å²) in [5, 5.41) is 3.62. The lowest BCUT2D eigenvalue weighted by Crippen LogP contribution is -2.23. The van der Waals surface area contributed by atoms with Crippen LogP contribution in [0, 0.1) is 5.82 Å². The molecule has 2 aromatic rings. The average Bonchev–Trinajstić information content (AvgIpc) is 2.83. The van der Waals surface area contributed by atoms with Gasteiger partial charge in [0, 0.05) is 16.6 Å². The molecule has 0 amide bonds. The fraction of sp³-hybridized carbons (Fsp3) is 0.294. The summed E-state index contributed by atoms with van der Waals surface area (Å²) < 4.78 is 14.8. The van der Waals surface area contributed by atoms with Crippen molar-refractivity contribution < 1.29 is 4.39 Å².